The average Bonchev–Trinajstić information content (AvgIpc) is 2.75. The minimum absolute atomic E-state index is 0.0849. The number of amides is 1. The highest BCUT2D eigenvalue weighted by Gasteiger charge is 2.35. The highest BCUT2D eigenvalue weighted by Crippen LogP contribution is 2.31. The Hall–Kier alpha value is -3.21. The van der Waals surface area contributed by atoms with Gasteiger partial charge >= 0.3 is 0 Å². The molecule has 27 heavy (non-hydrogen) atoms. The van der Waals surface area contributed by atoms with Crippen molar-refractivity contribution in [3.63, 3.8) is 0 Å². The molecule has 0 aromatic rings. The van der Waals surface area contributed by atoms with Gasteiger partial charge < -0.3 is 10.2 Å². The van der Waals surface area contributed by atoms with E-state index in [9.17, 15) is 4.79 Å². The van der Waals surface area contributed by atoms with Crippen LogP contribution >= 0.6 is 0 Å². The van der Waals surface area contributed by atoms with Crippen molar-refractivity contribution in [2.45, 2.75) is 6.42 Å². The van der Waals surface area contributed by atoms with E-state index in [-0.39, 0.29) is 5.91 Å². The van der Waals surface area contributed by atoms with E-state index in [4.69, 9.17) is 4.99 Å². The Labute approximate surface area is 161 Å². The van der Waals surface area contributed by atoms with Crippen molar-refractivity contribution >= 4 is 17.3 Å². The van der Waals surface area contributed by atoms with Crippen molar-refractivity contribution in [1.29, 1.82) is 0 Å². The number of dihydropyridines is 1. The molecular formula is C22H24N4O. The number of hydrogen-bond donors (Lipinski definition) is 1. The summed E-state index contributed by atoms with van der Waals surface area (Å²) in [6.07, 6.45) is 11.3. The highest BCUT2D eigenvalue weighted by atomic mass is 16.2. The van der Waals surface area contributed by atoms with Crippen LogP contribution in [0.15, 0.2) is 96.4 Å². The van der Waals surface area contributed by atoms with Gasteiger partial charge in [-0.25, -0.2) is 9.98 Å². The molecule has 3 aliphatic heterocycles. The number of carbonyl (C=O) groups is 1. The van der Waals surface area contributed by atoms with Crippen molar-refractivity contribution in [1.82, 2.24) is 10.2 Å². The second kappa shape index (κ2) is 9.48. The molecule has 1 saturated heterocycles. The van der Waals surface area contributed by atoms with Crippen molar-refractivity contribution < 1.29 is 4.79 Å². The number of nitrogens with one attached hydrogen (secondary N) is 1. The van der Waals surface area contributed by atoms with E-state index in [1.807, 2.05) is 24.9 Å². The predicted octanol–water partition coefficient (Wildman–Crippen LogP) is 3.47. The molecule has 0 aromatic carbocycles. The lowest BCUT2D eigenvalue weighted by Gasteiger charge is -2.35. The third-order valence-electron chi connectivity index (χ3n) is 4.24. The van der Waals surface area contributed by atoms with Gasteiger partial charge in [0, 0.05) is 12.1 Å². The molecule has 0 unspecified atom stereocenters. The first-order valence-corrected chi connectivity index (χ1v) is 8.57. The first-order valence-electron chi connectivity index (χ1n) is 8.57. The van der Waals surface area contributed by atoms with Crippen LogP contribution in [0.25, 0.3) is 0 Å². The zero-order chi connectivity index (χ0) is 19.8. The summed E-state index contributed by atoms with van der Waals surface area (Å²) < 4.78 is 0. The normalized spacial score (nSPS) is 18.4. The minimum Gasteiger partial charge on any atom is -0.382 e. The average molecular weight is 360 g/mol. The number of rotatable bonds is 4. The van der Waals surface area contributed by atoms with Gasteiger partial charge in [0.2, 0.25) is 5.91 Å². The minimum atomic E-state index is -0.0849. The summed E-state index contributed by atoms with van der Waals surface area (Å²) >= 11 is 0. The second-order valence-electron chi connectivity index (χ2n) is 5.69. The number of carbonyl (C=O) groups excluding carboxylic acids is 1. The Bertz CT molecular complexity index is 785. The Balaban J connectivity index is 0.00000126. The van der Waals surface area contributed by atoms with E-state index in [0.717, 1.165) is 28.5 Å². The van der Waals surface area contributed by atoms with Crippen molar-refractivity contribution in [2.24, 2.45) is 9.98 Å². The standard InChI is InChI=1S/C20H20N4O.C2H4/c1-4-14(5-2)20-22-17-13-24(18(25)6-3)12-9-16(17)19(23-20)15-7-10-21-11-8-15;1-2/h4-8,10-11,21H,1-3,9,12-13H2;1-2H2. The van der Waals surface area contributed by atoms with Crippen LogP contribution in [0.4, 0.5) is 0 Å². The summed E-state index contributed by atoms with van der Waals surface area (Å²) in [6, 6.07) is 0. The molecule has 2 radical (unpaired) electrons. The largest absolute Gasteiger partial charge is 0.382 e. The molecule has 0 aromatic heterocycles. The fraction of sp³-hybridized carbons (Fsp3) is 0.136. The number of fused-ring (bicyclic) bond motifs is 1. The third kappa shape index (κ3) is 4.31. The first kappa shape index (κ1) is 20.1. The molecule has 1 N–H and O–H groups in total. The maximum Gasteiger partial charge on any atom is 0.246 e. The van der Waals surface area contributed by atoms with Crippen molar-refractivity contribution in [3.05, 3.63) is 98.9 Å². The van der Waals surface area contributed by atoms with E-state index >= 15 is 0 Å². The predicted molar refractivity (Wildman–Crippen MR) is 113 cm³/mol. The van der Waals surface area contributed by atoms with Crippen LogP contribution in [0, 0.1) is 12.5 Å². The van der Waals surface area contributed by atoms with Gasteiger partial charge in [0.05, 0.1) is 30.4 Å². The van der Waals surface area contributed by atoms with Crippen LogP contribution in [-0.4, -0.2) is 35.3 Å². The maximum atomic E-state index is 12.0. The smallest absolute Gasteiger partial charge is 0.246 e. The lowest BCUT2D eigenvalue weighted by Crippen LogP contribution is -2.46. The summed E-state index contributed by atoms with van der Waals surface area (Å²) in [5.74, 6) is 1.56. The molecule has 3 rings (SSSR count). The Morgan fingerprint density at radius 2 is 1.89 bits per heavy atom. The number of aliphatic imine (C=N–C) groups is 2. The van der Waals surface area contributed by atoms with Gasteiger partial charge in [0.1, 0.15) is 0 Å². The van der Waals surface area contributed by atoms with Crippen molar-refractivity contribution in [2.75, 3.05) is 13.1 Å². The molecule has 5 nitrogen and oxygen atoms in total. The Morgan fingerprint density at radius 1 is 1.15 bits per heavy atom. The van der Waals surface area contributed by atoms with Crippen LogP contribution in [0.5, 0.6) is 0 Å². The lowest BCUT2D eigenvalue weighted by atomic mass is 9.84. The van der Waals surface area contributed by atoms with Crippen LogP contribution in [0.3, 0.4) is 0 Å². The van der Waals surface area contributed by atoms with Crippen LogP contribution in [0.2, 0.25) is 0 Å². The second-order valence-corrected chi connectivity index (χ2v) is 5.69. The quantitative estimate of drug-likeness (QED) is 0.616. The fourth-order valence-corrected chi connectivity index (χ4v) is 2.93. The Kier molecular flexibility index (Phi) is 7.06. The first-order chi connectivity index (χ1) is 13.2. The number of nitrogens with zero attached hydrogens (tertiary/aromatic N) is 3. The number of likely N-dealkylation sites (tertiary alicyclic amines) is 1. The van der Waals surface area contributed by atoms with Gasteiger partial charge in [0.25, 0.3) is 0 Å². The van der Waals surface area contributed by atoms with Crippen LogP contribution in [0.1, 0.15) is 6.42 Å². The molecule has 5 heteroatoms. The Morgan fingerprint density at radius 3 is 2.48 bits per heavy atom. The summed E-state index contributed by atoms with van der Waals surface area (Å²) in [6.45, 7) is 20.1. The van der Waals surface area contributed by atoms with E-state index in [0.29, 0.717) is 25.3 Å². The molecule has 0 saturated carbocycles. The number of piperidine rings is 1. The topological polar surface area (TPSA) is 57.1 Å². The SMILES string of the molecule is C=C.C=CC(=O)N1CC[C]2C(=NC(=C(C=C)C=C)N=C2C2=C[CH]NC=C2)C1. The molecule has 1 amide bonds. The van der Waals surface area contributed by atoms with Gasteiger partial charge in [0.15, 0.2) is 5.82 Å². The van der Waals surface area contributed by atoms with Gasteiger partial charge in [-0.15, -0.1) is 13.2 Å². The van der Waals surface area contributed by atoms with E-state index in [2.05, 4.69) is 43.2 Å². The molecule has 0 bridgehead atoms. The number of hydrogen-bond acceptors (Lipinski definition) is 4. The molecule has 3 aliphatic rings. The van der Waals surface area contributed by atoms with Gasteiger partial charge in [-0.05, 0) is 30.3 Å². The van der Waals surface area contributed by atoms with Crippen LogP contribution in [-0.2, 0) is 4.79 Å². The number of allylic oxidation sites excluding steroid dienone is 5. The van der Waals surface area contributed by atoms with E-state index < -0.39 is 0 Å². The van der Waals surface area contributed by atoms with E-state index in [1.165, 1.54) is 6.08 Å². The molecule has 0 aliphatic carbocycles. The van der Waals surface area contributed by atoms with Gasteiger partial charge in [-0.2, -0.15) is 0 Å². The molecule has 1 fully saturated rings. The molecule has 3 heterocycles. The zero-order valence-corrected chi connectivity index (χ0v) is 15.4. The summed E-state index contributed by atoms with van der Waals surface area (Å²) in [7, 11) is 0. The highest BCUT2D eigenvalue weighted by molar-refractivity contribution is 6.30. The molecular weight excluding hydrogens is 336 g/mol. The monoisotopic (exact) mass is 360 g/mol. The van der Waals surface area contributed by atoms with Gasteiger partial charge in [-0.1, -0.05) is 38.0 Å². The fourth-order valence-electron chi connectivity index (χ4n) is 2.93. The van der Waals surface area contributed by atoms with Crippen molar-refractivity contribution in [3.8, 4) is 0 Å². The van der Waals surface area contributed by atoms with Crippen LogP contribution < -0.4 is 5.32 Å². The molecule has 0 spiro atoms. The lowest BCUT2D eigenvalue weighted by molar-refractivity contribution is -0.125. The third-order valence-corrected chi connectivity index (χ3v) is 4.24. The summed E-state index contributed by atoms with van der Waals surface area (Å²) in [5.41, 5.74) is 3.52. The maximum absolute atomic E-state index is 12.0. The molecule has 0 atom stereocenters. The zero-order valence-electron chi connectivity index (χ0n) is 15.4. The molecule has 138 valence electrons. The summed E-state index contributed by atoms with van der Waals surface area (Å²) in [5, 5.41) is 3.03. The van der Waals surface area contributed by atoms with Gasteiger partial charge in [-0.3, -0.25) is 4.79 Å². The van der Waals surface area contributed by atoms with E-state index in [1.54, 1.807) is 17.1 Å². The summed E-state index contributed by atoms with van der Waals surface area (Å²) in [4.78, 5) is 23.2.